The molecule has 0 N–H and O–H groups in total. The van der Waals surface area contributed by atoms with Crippen molar-refractivity contribution < 1.29 is 17.5 Å². The Morgan fingerprint density at radius 2 is 1.24 bits per heavy atom. The molecule has 29 heavy (non-hydrogen) atoms. The zero-order valence-corrected chi connectivity index (χ0v) is 21.4. The van der Waals surface area contributed by atoms with Crippen LogP contribution in [0.2, 0.25) is 0 Å². The van der Waals surface area contributed by atoms with E-state index < -0.39 is 10.1 Å². The molecule has 0 atom stereocenters. The van der Waals surface area contributed by atoms with Gasteiger partial charge < -0.3 is 9.04 Å². The Balaban J connectivity index is 0.000000604. The second kappa shape index (κ2) is 16.3. The summed E-state index contributed by atoms with van der Waals surface area (Å²) in [6.07, 6.45) is 15.8. The van der Waals surface area contributed by atoms with Crippen LogP contribution in [0, 0.1) is 6.92 Å². The van der Waals surface area contributed by atoms with Gasteiger partial charge in [-0.1, -0.05) is 82.4 Å². The summed E-state index contributed by atoms with van der Waals surface area (Å²) in [6.45, 7) is 5.42. The molecule has 0 heterocycles. The zero-order chi connectivity index (χ0) is 22.2. The lowest BCUT2D eigenvalue weighted by molar-refractivity contribution is -0.876. The van der Waals surface area contributed by atoms with E-state index in [4.69, 9.17) is 0 Å². The lowest BCUT2D eigenvalue weighted by Crippen LogP contribution is -2.38. The Labute approximate surface area is 188 Å². The average molecular weight is 493 g/mol. The van der Waals surface area contributed by atoms with E-state index in [1.165, 1.54) is 89.3 Å². The largest absolute Gasteiger partial charge is 0.744 e. The Kier molecular flexibility index (Phi) is 16.0. The summed E-state index contributed by atoms with van der Waals surface area (Å²) in [5.41, 5.74) is 2.00. The molecule has 0 aliphatic carbocycles. The molecule has 1 aromatic carbocycles. The van der Waals surface area contributed by atoms with Crippen molar-refractivity contribution in [2.75, 3.05) is 26.1 Å². The van der Waals surface area contributed by atoms with Crippen molar-refractivity contribution in [1.29, 1.82) is 0 Å². The molecule has 0 radical (unpaired) electrons. The smallest absolute Gasteiger partial charge is 0.133 e. The predicted molar refractivity (Wildman–Crippen MR) is 126 cm³/mol. The number of rotatable bonds is 14. The fourth-order valence-corrected chi connectivity index (χ4v) is 3.69. The molecule has 0 spiro atoms. The molecule has 0 aliphatic rings. The van der Waals surface area contributed by atoms with Crippen LogP contribution in [0.3, 0.4) is 0 Å². The summed E-state index contributed by atoms with van der Waals surface area (Å²) in [5.74, 6) is 0. The van der Waals surface area contributed by atoms with E-state index in [1.807, 2.05) is 6.92 Å². The Bertz CT molecular complexity index is 616. The van der Waals surface area contributed by atoms with Gasteiger partial charge in [-0.15, -0.1) is 0 Å². The minimum atomic E-state index is -4.27. The van der Waals surface area contributed by atoms with E-state index in [-0.39, 0.29) is 4.90 Å². The second-order valence-corrected chi connectivity index (χ2v) is 10.5. The number of unbranched alkanes of at least 4 members (excludes halogenated alkanes) is 10. The predicted octanol–water partition coefficient (Wildman–Crippen LogP) is 6.63. The number of hydrogen-bond acceptors (Lipinski definition) is 3. The quantitative estimate of drug-likeness (QED) is 0.0964. The lowest BCUT2D eigenvalue weighted by atomic mass is 10.1. The van der Waals surface area contributed by atoms with Crippen LogP contribution in [0.5, 0.6) is 0 Å². The zero-order valence-electron chi connectivity index (χ0n) is 19.0. The molecule has 0 fully saturated rings. The number of halogens is 1. The SMILES string of the molecule is CCCCCCCCCCCCC[N+](C)(C)CBr.Cc1ccc(S(=O)(=O)[O-])cc1. The summed E-state index contributed by atoms with van der Waals surface area (Å²) >= 11 is 3.57. The van der Waals surface area contributed by atoms with E-state index in [1.54, 1.807) is 12.1 Å². The minimum absolute atomic E-state index is 0.178. The number of hydrogen-bond donors (Lipinski definition) is 0. The third kappa shape index (κ3) is 17.0. The highest BCUT2D eigenvalue weighted by molar-refractivity contribution is 9.09. The van der Waals surface area contributed by atoms with Gasteiger partial charge >= 0.3 is 0 Å². The first kappa shape index (κ1) is 28.6. The molecule has 4 nitrogen and oxygen atoms in total. The molecule has 170 valence electrons. The number of quaternary nitrogens is 1. The molecule has 0 aliphatic heterocycles. The summed E-state index contributed by atoms with van der Waals surface area (Å²) in [4.78, 5) is -0.178. The van der Waals surface area contributed by atoms with Crippen molar-refractivity contribution in [3.63, 3.8) is 0 Å². The number of alkyl halides is 1. The maximum atomic E-state index is 10.4. The summed E-state index contributed by atoms with van der Waals surface area (Å²) < 4.78 is 32.3. The number of benzene rings is 1. The molecule has 1 aromatic rings. The van der Waals surface area contributed by atoms with Gasteiger partial charge in [-0.25, -0.2) is 8.42 Å². The fourth-order valence-electron chi connectivity index (χ4n) is 2.97. The second-order valence-electron chi connectivity index (χ2n) is 8.58. The highest BCUT2D eigenvalue weighted by Crippen LogP contribution is 2.12. The van der Waals surface area contributed by atoms with Crippen LogP contribution in [0.4, 0.5) is 0 Å². The molecule has 0 aromatic heterocycles. The van der Waals surface area contributed by atoms with Gasteiger partial charge in [0.15, 0.2) is 0 Å². The number of nitrogens with zero attached hydrogens (tertiary/aromatic N) is 1. The molecular formula is C23H42BrNO3S. The summed E-state index contributed by atoms with van der Waals surface area (Å²) in [5, 5.41) is 0. The van der Waals surface area contributed by atoms with Gasteiger partial charge in [0.05, 0.1) is 25.5 Å². The van der Waals surface area contributed by atoms with E-state index in [2.05, 4.69) is 36.9 Å². The van der Waals surface area contributed by atoms with Crippen LogP contribution in [0.1, 0.15) is 83.1 Å². The Morgan fingerprint density at radius 3 is 1.62 bits per heavy atom. The van der Waals surface area contributed by atoms with Gasteiger partial charge in [-0.2, -0.15) is 0 Å². The molecule has 0 amide bonds. The van der Waals surface area contributed by atoms with Crippen molar-refractivity contribution in [2.45, 2.75) is 89.4 Å². The van der Waals surface area contributed by atoms with Gasteiger partial charge in [-0.05, 0) is 47.8 Å². The Morgan fingerprint density at radius 1 is 0.828 bits per heavy atom. The van der Waals surface area contributed by atoms with Gasteiger partial charge in [0.25, 0.3) is 0 Å². The van der Waals surface area contributed by atoms with E-state index >= 15 is 0 Å². The van der Waals surface area contributed by atoms with E-state index in [9.17, 15) is 13.0 Å². The summed E-state index contributed by atoms with van der Waals surface area (Å²) in [7, 11) is 0.324. The van der Waals surface area contributed by atoms with Crippen molar-refractivity contribution >= 4 is 26.0 Å². The minimum Gasteiger partial charge on any atom is -0.744 e. The third-order valence-electron chi connectivity index (χ3n) is 5.00. The maximum absolute atomic E-state index is 10.4. The van der Waals surface area contributed by atoms with Crippen molar-refractivity contribution in [1.82, 2.24) is 0 Å². The average Bonchev–Trinajstić information content (AvgIpc) is 2.66. The van der Waals surface area contributed by atoms with Crippen molar-refractivity contribution in [3.05, 3.63) is 29.8 Å². The lowest BCUT2D eigenvalue weighted by Gasteiger charge is -2.26. The fraction of sp³-hybridized carbons (Fsp3) is 0.739. The molecule has 0 unspecified atom stereocenters. The monoisotopic (exact) mass is 491 g/mol. The van der Waals surface area contributed by atoms with Gasteiger partial charge in [0.1, 0.15) is 15.6 Å². The van der Waals surface area contributed by atoms with E-state index in [0.717, 1.165) is 15.5 Å². The van der Waals surface area contributed by atoms with Crippen LogP contribution >= 0.6 is 15.9 Å². The van der Waals surface area contributed by atoms with Gasteiger partial charge in [0.2, 0.25) is 0 Å². The topological polar surface area (TPSA) is 57.2 Å². The van der Waals surface area contributed by atoms with Crippen LogP contribution in [0.15, 0.2) is 29.2 Å². The van der Waals surface area contributed by atoms with Gasteiger partial charge in [0, 0.05) is 0 Å². The van der Waals surface area contributed by atoms with Crippen LogP contribution in [-0.2, 0) is 10.1 Å². The molecule has 6 heteroatoms. The molecule has 1 rings (SSSR count). The molecule has 0 bridgehead atoms. The first-order chi connectivity index (χ1) is 13.6. The molecule has 0 saturated heterocycles. The van der Waals surface area contributed by atoms with Crippen LogP contribution in [-0.4, -0.2) is 43.5 Å². The van der Waals surface area contributed by atoms with E-state index in [0.29, 0.717) is 0 Å². The Hall–Kier alpha value is -0.430. The third-order valence-corrected chi connectivity index (χ3v) is 7.21. The number of aryl methyl sites for hydroxylation is 1. The van der Waals surface area contributed by atoms with Crippen molar-refractivity contribution in [2.24, 2.45) is 0 Å². The highest BCUT2D eigenvalue weighted by Gasteiger charge is 2.10. The maximum Gasteiger partial charge on any atom is 0.133 e. The standard InChI is InChI=1S/C16H35BrN.C7H8O3S/c1-4-5-6-7-8-9-10-11-12-13-14-15-18(2,3)16-17;1-6-2-4-7(5-3-6)11(8,9)10/h4-16H2,1-3H3;2-5H,1H3,(H,8,9,10)/q+1;/p-1. The molecule has 0 saturated carbocycles. The first-order valence-corrected chi connectivity index (χ1v) is 13.6. The highest BCUT2D eigenvalue weighted by atomic mass is 79.9. The van der Waals surface area contributed by atoms with Crippen LogP contribution in [0.25, 0.3) is 0 Å². The first-order valence-electron chi connectivity index (χ1n) is 11.0. The molecular weight excluding hydrogens is 450 g/mol. The van der Waals surface area contributed by atoms with Crippen molar-refractivity contribution in [3.8, 4) is 0 Å². The summed E-state index contributed by atoms with van der Waals surface area (Å²) in [6, 6.07) is 5.78. The van der Waals surface area contributed by atoms with Crippen LogP contribution < -0.4 is 0 Å². The van der Waals surface area contributed by atoms with Gasteiger partial charge in [-0.3, -0.25) is 0 Å². The normalized spacial score (nSPS) is 11.8.